The van der Waals surface area contributed by atoms with Crippen molar-refractivity contribution in [2.75, 3.05) is 0 Å². The molecule has 0 bridgehead atoms. The van der Waals surface area contributed by atoms with Crippen molar-refractivity contribution in [2.24, 2.45) is 0 Å². The fourth-order valence-corrected chi connectivity index (χ4v) is 1.66. The van der Waals surface area contributed by atoms with Crippen LogP contribution >= 0.6 is 19.7 Å². The molecule has 102 valence electrons. The van der Waals surface area contributed by atoms with E-state index in [9.17, 15) is 28.5 Å². The van der Waals surface area contributed by atoms with Gasteiger partial charge < -0.3 is 0 Å². The molecule has 0 saturated carbocycles. The summed E-state index contributed by atoms with van der Waals surface area (Å²) in [6.45, 7) is 0. The van der Waals surface area contributed by atoms with Crippen molar-refractivity contribution in [1.29, 1.82) is 0 Å². The van der Waals surface area contributed by atoms with Gasteiger partial charge in [0.2, 0.25) is 0 Å². The van der Waals surface area contributed by atoms with Crippen LogP contribution in [0.4, 0.5) is 28.5 Å². The number of benzene rings is 1. The van der Waals surface area contributed by atoms with Gasteiger partial charge in [-0.1, -0.05) is 25.6 Å². The van der Waals surface area contributed by atoms with Crippen molar-refractivity contribution in [3.8, 4) is 0 Å². The Morgan fingerprint density at radius 1 is 0.882 bits per heavy atom. The van der Waals surface area contributed by atoms with Crippen LogP contribution < -0.4 is 0 Å². The first-order valence-corrected chi connectivity index (χ1v) is 6.42. The van der Waals surface area contributed by atoms with E-state index in [0.29, 0.717) is 12.1 Å². The summed E-state index contributed by atoms with van der Waals surface area (Å²) >= 11 is 0. The highest BCUT2D eigenvalue weighted by molar-refractivity contribution is 8.65. The minimum atomic E-state index is -8.45. The van der Waals surface area contributed by atoms with Crippen LogP contribution in [0.1, 0.15) is 7.43 Å². The van der Waals surface area contributed by atoms with Crippen molar-refractivity contribution in [2.45, 2.75) is 12.3 Å². The average molecular weight is 304 g/mol. The van der Waals surface area contributed by atoms with Gasteiger partial charge in [-0.15, -0.1) is 15.5 Å². The predicted octanol–water partition coefficient (Wildman–Crippen LogP) is 6.13. The van der Waals surface area contributed by atoms with Crippen molar-refractivity contribution in [3.63, 3.8) is 0 Å². The molecule has 0 N–H and O–H groups in total. The lowest BCUT2D eigenvalue weighted by atomic mass is 10.4. The molecule has 0 spiro atoms. The Morgan fingerprint density at radius 3 is 1.35 bits per heavy atom. The Kier molecular flexibility index (Phi) is 5.50. The van der Waals surface area contributed by atoms with Crippen molar-refractivity contribution < 1.29 is 28.5 Å². The third-order valence-electron chi connectivity index (χ3n) is 1.19. The van der Waals surface area contributed by atoms with Crippen LogP contribution in [0.3, 0.4) is 0 Å². The molecular weight excluding hydrogens is 295 g/mol. The van der Waals surface area contributed by atoms with Crippen molar-refractivity contribution in [3.05, 3.63) is 30.3 Å². The molecule has 0 atom stereocenters. The molecule has 0 amide bonds. The zero-order valence-corrected chi connectivity index (χ0v) is 8.97. The van der Waals surface area contributed by atoms with Crippen LogP contribution in [-0.2, 0) is 0 Å². The van der Waals surface area contributed by atoms with Gasteiger partial charge >= 0.3 is 7.54 Å². The molecule has 1 rings (SSSR count). The molecule has 17 heavy (non-hydrogen) atoms. The van der Waals surface area contributed by atoms with Gasteiger partial charge in [-0.2, -0.15) is 0 Å². The highest BCUT2D eigenvalue weighted by atomic mass is 35.7. The van der Waals surface area contributed by atoms with Gasteiger partial charge in [0.15, 0.2) is 0 Å². The summed E-state index contributed by atoms with van der Waals surface area (Å²) < 4.78 is 78.5. The largest absolute Gasteiger partial charge is 0.762 e. The molecule has 0 aliphatic carbocycles. The Labute approximate surface area is 98.9 Å². The third-order valence-corrected chi connectivity index (χ3v) is 2.89. The highest BCUT2D eigenvalue weighted by Crippen LogP contribution is 3.04. The van der Waals surface area contributed by atoms with Gasteiger partial charge in [-0.25, -0.2) is 0 Å². The van der Waals surface area contributed by atoms with E-state index in [1.165, 1.54) is 6.07 Å². The molecule has 0 aliphatic heterocycles. The second-order valence-corrected chi connectivity index (χ2v) is 6.80. The Balaban J connectivity index is 0. The molecule has 0 aromatic heterocycles. The SMILES string of the molecule is C.FB(F)F.FS(F)(F)(F)(Cl)c1ccccc1. The second kappa shape index (κ2) is 4.97. The quantitative estimate of drug-likeness (QED) is 0.432. The Hall–Kier alpha value is -0.565. The lowest BCUT2D eigenvalue weighted by Gasteiger charge is -2.42. The third kappa shape index (κ3) is 9.17. The molecule has 1 aromatic rings. The van der Waals surface area contributed by atoms with E-state index in [2.05, 4.69) is 10.7 Å². The average Bonchev–Trinajstić information content (AvgIpc) is 2.01. The summed E-state index contributed by atoms with van der Waals surface area (Å²) in [6.07, 6.45) is 0. The predicted molar refractivity (Wildman–Crippen MR) is 58.4 cm³/mol. The van der Waals surface area contributed by atoms with E-state index in [0.717, 1.165) is 12.1 Å². The van der Waals surface area contributed by atoms with Gasteiger partial charge in [0.25, 0.3) is 9.05 Å². The van der Waals surface area contributed by atoms with Crippen LogP contribution in [0.15, 0.2) is 35.2 Å². The van der Waals surface area contributed by atoms with Crippen LogP contribution in [0.25, 0.3) is 0 Å². The first-order valence-electron chi connectivity index (χ1n) is 3.54. The lowest BCUT2D eigenvalue weighted by molar-refractivity contribution is 0.480. The van der Waals surface area contributed by atoms with E-state index < -0.39 is 21.5 Å². The molecule has 0 saturated heterocycles. The standard InChI is InChI=1S/C6H5ClF4S.CH4.BF3/c7-12(8,9,10,11)6-4-2-1-3-5-6;;2-1(3)4/h1-5H;1H4;. The molecular formula is C7H9BClF7S. The second-order valence-electron chi connectivity index (χ2n) is 2.53. The summed E-state index contributed by atoms with van der Waals surface area (Å²) in [4.78, 5) is -1.42. The van der Waals surface area contributed by atoms with Gasteiger partial charge in [0.1, 0.15) is 0 Å². The number of hydrogen-bond donors (Lipinski definition) is 0. The summed E-state index contributed by atoms with van der Waals surface area (Å²) in [5, 5.41) is 0. The molecule has 0 unspecified atom stereocenters. The monoisotopic (exact) mass is 304 g/mol. The number of rotatable bonds is 1. The summed E-state index contributed by atoms with van der Waals surface area (Å²) in [7, 11) is -8.10. The minimum Gasteiger partial charge on any atom is -0.254 e. The molecule has 10 heteroatoms. The first-order chi connectivity index (χ1) is 6.83. The van der Waals surface area contributed by atoms with Gasteiger partial charge in [-0.3, -0.25) is 12.9 Å². The summed E-state index contributed by atoms with van der Waals surface area (Å²) in [5.74, 6) is 0. The van der Waals surface area contributed by atoms with Crippen LogP contribution in [-0.4, -0.2) is 7.54 Å². The van der Waals surface area contributed by atoms with E-state index in [1.807, 2.05) is 0 Å². The van der Waals surface area contributed by atoms with E-state index in [1.54, 1.807) is 0 Å². The molecule has 0 radical (unpaired) electrons. The summed E-state index contributed by atoms with van der Waals surface area (Å²) in [6, 6.07) is 4.72. The lowest BCUT2D eigenvalue weighted by Crippen LogP contribution is -2.03. The summed E-state index contributed by atoms with van der Waals surface area (Å²) in [5.41, 5.74) is 0. The molecule has 0 fully saturated rings. The molecule has 0 nitrogen and oxygen atoms in total. The molecule has 1 aromatic carbocycles. The van der Waals surface area contributed by atoms with Crippen molar-refractivity contribution >= 4 is 27.3 Å². The molecule has 0 aliphatic rings. The normalized spacial score (nSPS) is 14.4. The Bertz CT molecular complexity index is 334. The first kappa shape index (κ1) is 18.8. The van der Waals surface area contributed by atoms with Crippen LogP contribution in [0.5, 0.6) is 0 Å². The van der Waals surface area contributed by atoms with Gasteiger partial charge in [0.05, 0.1) is 4.90 Å². The number of hydrogen-bond acceptors (Lipinski definition) is 0. The molecule has 0 heterocycles. The fourth-order valence-electron chi connectivity index (χ4n) is 0.678. The highest BCUT2D eigenvalue weighted by Gasteiger charge is 2.62. The van der Waals surface area contributed by atoms with E-state index >= 15 is 0 Å². The van der Waals surface area contributed by atoms with Gasteiger partial charge in [0, 0.05) is 10.7 Å². The maximum Gasteiger partial charge on any atom is 0.762 e. The smallest absolute Gasteiger partial charge is 0.254 e. The maximum atomic E-state index is 12.4. The van der Waals surface area contributed by atoms with Crippen LogP contribution in [0, 0.1) is 0 Å². The van der Waals surface area contributed by atoms with Crippen LogP contribution in [0.2, 0.25) is 0 Å². The topological polar surface area (TPSA) is 0 Å². The van der Waals surface area contributed by atoms with Crippen molar-refractivity contribution in [1.82, 2.24) is 0 Å². The zero-order chi connectivity index (χ0) is 13.1. The van der Waals surface area contributed by atoms with E-state index in [4.69, 9.17) is 0 Å². The van der Waals surface area contributed by atoms with Gasteiger partial charge in [-0.05, 0) is 12.1 Å². The number of halogens is 8. The Morgan fingerprint density at radius 2 is 1.18 bits per heavy atom. The minimum absolute atomic E-state index is 0. The zero-order valence-electron chi connectivity index (χ0n) is 7.40. The maximum absolute atomic E-state index is 12.4. The fraction of sp³-hybridized carbons (Fsp3) is 0.143. The van der Waals surface area contributed by atoms with E-state index in [-0.39, 0.29) is 7.43 Å².